The van der Waals surface area contributed by atoms with E-state index in [1.165, 1.54) is 12.1 Å². The van der Waals surface area contributed by atoms with Gasteiger partial charge in [0.05, 0.1) is 10.1 Å². The zero-order valence-electron chi connectivity index (χ0n) is 13.5. The van der Waals surface area contributed by atoms with Crippen LogP contribution in [0.2, 0.25) is 0 Å². The van der Waals surface area contributed by atoms with Crippen molar-refractivity contribution in [1.29, 1.82) is 0 Å². The maximum atomic E-state index is 12.6. The number of anilines is 1. The second kappa shape index (κ2) is 6.31. The molecule has 1 N–H and O–H groups in total. The van der Waals surface area contributed by atoms with Crippen LogP contribution in [-0.4, -0.2) is 31.1 Å². The molecule has 1 aromatic rings. The van der Waals surface area contributed by atoms with E-state index in [4.69, 9.17) is 4.74 Å². The van der Waals surface area contributed by atoms with Crippen molar-refractivity contribution in [3.63, 3.8) is 0 Å². The lowest BCUT2D eigenvalue weighted by Gasteiger charge is -2.20. The molecule has 0 heterocycles. The topological polar surface area (TPSA) is 89.5 Å². The summed E-state index contributed by atoms with van der Waals surface area (Å²) in [7, 11) is -3.58. The molecular weight excluding hydrogens is 318 g/mol. The number of carbonyl (C=O) groups is 2. The number of sulfone groups is 1. The molecule has 0 bridgehead atoms. The number of ketones is 1. The third kappa shape index (κ3) is 4.54. The van der Waals surface area contributed by atoms with Gasteiger partial charge in [0.2, 0.25) is 0 Å². The predicted octanol–water partition coefficient (Wildman–Crippen LogP) is 2.93. The van der Waals surface area contributed by atoms with E-state index < -0.39 is 26.8 Å². The van der Waals surface area contributed by atoms with Crippen molar-refractivity contribution in [2.75, 3.05) is 5.32 Å². The van der Waals surface area contributed by atoms with Gasteiger partial charge < -0.3 is 4.74 Å². The Balaban J connectivity index is 2.16. The van der Waals surface area contributed by atoms with Gasteiger partial charge >= 0.3 is 6.09 Å². The van der Waals surface area contributed by atoms with Crippen LogP contribution in [0.15, 0.2) is 29.2 Å². The van der Waals surface area contributed by atoms with Crippen LogP contribution in [0.4, 0.5) is 10.5 Å². The van der Waals surface area contributed by atoms with Crippen LogP contribution in [0, 0.1) is 0 Å². The summed E-state index contributed by atoms with van der Waals surface area (Å²) < 4.78 is 30.2. The molecule has 6 nitrogen and oxygen atoms in total. The zero-order chi connectivity index (χ0) is 17.3. The Morgan fingerprint density at radius 2 is 2.00 bits per heavy atom. The smallest absolute Gasteiger partial charge is 0.412 e. The highest BCUT2D eigenvalue weighted by Crippen LogP contribution is 2.29. The normalized spacial score (nSPS) is 18.7. The average molecular weight is 339 g/mol. The molecule has 23 heavy (non-hydrogen) atoms. The van der Waals surface area contributed by atoms with Crippen molar-refractivity contribution in [2.45, 2.75) is 55.8 Å². The van der Waals surface area contributed by atoms with Gasteiger partial charge in [-0.25, -0.2) is 13.2 Å². The van der Waals surface area contributed by atoms with E-state index in [1.807, 2.05) is 0 Å². The van der Waals surface area contributed by atoms with E-state index in [-0.39, 0.29) is 17.1 Å². The molecule has 1 aliphatic carbocycles. The van der Waals surface area contributed by atoms with Gasteiger partial charge in [-0.15, -0.1) is 0 Å². The molecular formula is C16H21NO5S. The molecule has 0 radical (unpaired) electrons. The molecule has 1 aromatic carbocycles. The van der Waals surface area contributed by atoms with Crippen LogP contribution < -0.4 is 5.32 Å². The fourth-order valence-corrected chi connectivity index (χ4v) is 4.19. The van der Waals surface area contributed by atoms with E-state index >= 15 is 0 Å². The van der Waals surface area contributed by atoms with Gasteiger partial charge in [-0.2, -0.15) is 0 Å². The summed E-state index contributed by atoms with van der Waals surface area (Å²) in [4.78, 5) is 23.2. The van der Waals surface area contributed by atoms with Crippen LogP contribution >= 0.6 is 0 Å². The maximum Gasteiger partial charge on any atom is 0.412 e. The fraction of sp³-hybridized carbons (Fsp3) is 0.500. The Bertz CT molecular complexity index is 718. The number of hydrogen-bond acceptors (Lipinski definition) is 5. The minimum atomic E-state index is -3.58. The van der Waals surface area contributed by atoms with Crippen molar-refractivity contribution >= 4 is 27.4 Å². The summed E-state index contributed by atoms with van der Waals surface area (Å²) in [5.74, 6) is -0.0263. The Morgan fingerprint density at radius 1 is 1.30 bits per heavy atom. The molecule has 0 aromatic heterocycles. The third-order valence-corrected chi connectivity index (χ3v) is 5.64. The molecule has 1 atom stereocenters. The number of amides is 1. The average Bonchev–Trinajstić information content (AvgIpc) is 2.84. The van der Waals surface area contributed by atoms with Crippen LogP contribution in [-0.2, 0) is 19.4 Å². The highest BCUT2D eigenvalue weighted by molar-refractivity contribution is 7.92. The van der Waals surface area contributed by atoms with E-state index in [2.05, 4.69) is 5.32 Å². The largest absolute Gasteiger partial charge is 0.444 e. The fourth-order valence-electron chi connectivity index (χ4n) is 2.41. The molecule has 0 spiro atoms. The highest BCUT2D eigenvalue weighted by atomic mass is 32.2. The van der Waals surface area contributed by atoms with Gasteiger partial charge in [-0.05, 0) is 45.4 Å². The van der Waals surface area contributed by atoms with Gasteiger partial charge in [0.1, 0.15) is 11.4 Å². The minimum Gasteiger partial charge on any atom is -0.444 e. The zero-order valence-corrected chi connectivity index (χ0v) is 14.3. The summed E-state index contributed by atoms with van der Waals surface area (Å²) in [6, 6.07) is 6.00. The van der Waals surface area contributed by atoms with Gasteiger partial charge in [0.15, 0.2) is 9.84 Å². The summed E-state index contributed by atoms with van der Waals surface area (Å²) in [5, 5.41) is 1.84. The summed E-state index contributed by atoms with van der Waals surface area (Å²) >= 11 is 0. The molecule has 1 amide bonds. The SMILES string of the molecule is CC(C)(C)OC(=O)Nc1cccc(S(=O)(=O)C2CCC(=O)C2)c1. The number of hydrogen-bond donors (Lipinski definition) is 1. The predicted molar refractivity (Wildman–Crippen MR) is 86.1 cm³/mol. The molecule has 126 valence electrons. The standard InChI is InChI=1S/C16H21NO5S/c1-16(2,3)22-15(19)17-11-5-4-6-13(9-11)23(20,21)14-8-7-12(18)10-14/h4-6,9,14H,7-8,10H2,1-3H3,(H,17,19). The van der Waals surface area contributed by atoms with Gasteiger partial charge in [-0.3, -0.25) is 10.1 Å². The van der Waals surface area contributed by atoms with Crippen molar-refractivity contribution in [3.8, 4) is 0 Å². The van der Waals surface area contributed by atoms with Crippen molar-refractivity contribution in [3.05, 3.63) is 24.3 Å². The number of ether oxygens (including phenoxy) is 1. The Kier molecular flexibility index (Phi) is 4.79. The molecule has 0 saturated heterocycles. The second-order valence-electron chi connectivity index (χ2n) is 6.60. The number of Topliss-reactive ketones (excluding diaryl/α,β-unsaturated/α-hetero) is 1. The number of rotatable bonds is 3. The Morgan fingerprint density at radius 3 is 2.57 bits per heavy atom. The van der Waals surface area contributed by atoms with Crippen molar-refractivity contribution in [1.82, 2.24) is 0 Å². The first-order valence-corrected chi connectivity index (χ1v) is 8.98. The summed E-state index contributed by atoms with van der Waals surface area (Å²) in [5.41, 5.74) is -0.303. The Hall–Kier alpha value is -1.89. The molecule has 1 unspecified atom stereocenters. The van der Waals surface area contributed by atoms with Gasteiger partial charge in [-0.1, -0.05) is 6.07 Å². The quantitative estimate of drug-likeness (QED) is 0.914. The molecule has 1 aliphatic rings. The lowest BCUT2D eigenvalue weighted by Crippen LogP contribution is -2.27. The number of carbonyl (C=O) groups excluding carboxylic acids is 2. The molecule has 2 rings (SSSR count). The Labute approximate surface area is 136 Å². The maximum absolute atomic E-state index is 12.6. The summed E-state index contributed by atoms with van der Waals surface area (Å²) in [6.45, 7) is 5.22. The van der Waals surface area contributed by atoms with Gasteiger partial charge in [0, 0.05) is 18.5 Å². The van der Waals surface area contributed by atoms with Crippen molar-refractivity contribution < 1.29 is 22.7 Å². The van der Waals surface area contributed by atoms with Crippen LogP contribution in [0.25, 0.3) is 0 Å². The van der Waals surface area contributed by atoms with Crippen LogP contribution in [0.3, 0.4) is 0 Å². The second-order valence-corrected chi connectivity index (χ2v) is 8.83. The molecule has 7 heteroatoms. The highest BCUT2D eigenvalue weighted by Gasteiger charge is 2.34. The number of benzene rings is 1. The molecule has 1 fully saturated rings. The molecule has 0 aliphatic heterocycles. The lowest BCUT2D eigenvalue weighted by atomic mass is 10.2. The molecule has 1 saturated carbocycles. The van der Waals surface area contributed by atoms with Crippen molar-refractivity contribution in [2.24, 2.45) is 0 Å². The van der Waals surface area contributed by atoms with Crippen LogP contribution in [0.1, 0.15) is 40.0 Å². The first kappa shape index (κ1) is 17.5. The minimum absolute atomic E-state index is 0.0263. The summed E-state index contributed by atoms with van der Waals surface area (Å²) in [6.07, 6.45) is 0.0690. The lowest BCUT2D eigenvalue weighted by molar-refractivity contribution is -0.117. The monoisotopic (exact) mass is 339 g/mol. The third-order valence-electron chi connectivity index (χ3n) is 3.45. The van der Waals surface area contributed by atoms with E-state index in [1.54, 1.807) is 32.9 Å². The van der Waals surface area contributed by atoms with Crippen LogP contribution in [0.5, 0.6) is 0 Å². The first-order chi connectivity index (χ1) is 10.6. The van der Waals surface area contributed by atoms with E-state index in [0.717, 1.165) is 0 Å². The van der Waals surface area contributed by atoms with E-state index in [0.29, 0.717) is 18.5 Å². The number of nitrogens with one attached hydrogen (secondary N) is 1. The van der Waals surface area contributed by atoms with Gasteiger partial charge in [0.25, 0.3) is 0 Å². The van der Waals surface area contributed by atoms with E-state index in [9.17, 15) is 18.0 Å². The first-order valence-electron chi connectivity index (χ1n) is 7.43.